The first-order chi connectivity index (χ1) is 12.1. The van der Waals surface area contributed by atoms with Gasteiger partial charge in [0.2, 0.25) is 0 Å². The number of fused-ring (bicyclic) bond motifs is 1. The van der Waals surface area contributed by atoms with Gasteiger partial charge in [0, 0.05) is 22.2 Å². The van der Waals surface area contributed by atoms with E-state index in [1.54, 1.807) is 6.07 Å². The van der Waals surface area contributed by atoms with Crippen LogP contribution in [0.25, 0.3) is 5.69 Å². The number of benzene rings is 1. The monoisotopic (exact) mass is 378 g/mol. The highest BCUT2D eigenvalue weighted by molar-refractivity contribution is 6.34. The highest BCUT2D eigenvalue weighted by Gasteiger charge is 2.29. The van der Waals surface area contributed by atoms with Gasteiger partial charge in [-0.25, -0.2) is 4.68 Å². The van der Waals surface area contributed by atoms with Crippen LogP contribution in [0.1, 0.15) is 49.4 Å². The summed E-state index contributed by atoms with van der Waals surface area (Å²) in [6, 6.07) is 6.03. The van der Waals surface area contributed by atoms with Gasteiger partial charge in [-0.15, -0.1) is 0 Å². The molecule has 2 aromatic rings. The summed E-state index contributed by atoms with van der Waals surface area (Å²) in [5.74, 6) is 1.12. The molecule has 1 unspecified atom stereocenters. The molecule has 2 aliphatic rings. The number of halogens is 2. The van der Waals surface area contributed by atoms with Crippen LogP contribution in [0.2, 0.25) is 10.0 Å². The fraction of sp³-hybridized carbons (Fsp3) is 0.526. The first-order valence-electron chi connectivity index (χ1n) is 9.16. The summed E-state index contributed by atoms with van der Waals surface area (Å²) >= 11 is 12.5. The van der Waals surface area contributed by atoms with Gasteiger partial charge in [0.05, 0.1) is 17.4 Å². The van der Waals surface area contributed by atoms with Crippen LogP contribution in [-0.2, 0) is 6.42 Å². The largest absolute Gasteiger partial charge is 0.370 e. The maximum absolute atomic E-state index is 6.24. The molecule has 1 aromatic heterocycles. The SMILES string of the molecule is CN1CCCCC1c1nn(-c2cc(Cl)cc(Cl)c2)c2c1CCCCN2. The molecule has 0 saturated carbocycles. The number of hydrogen-bond donors (Lipinski definition) is 1. The summed E-state index contributed by atoms with van der Waals surface area (Å²) in [5, 5.41) is 9.93. The molecule has 1 N–H and O–H groups in total. The molecule has 0 amide bonds. The van der Waals surface area contributed by atoms with E-state index < -0.39 is 0 Å². The molecular formula is C19H24Cl2N4. The van der Waals surface area contributed by atoms with E-state index in [1.807, 2.05) is 16.8 Å². The van der Waals surface area contributed by atoms with Gasteiger partial charge < -0.3 is 5.32 Å². The van der Waals surface area contributed by atoms with Gasteiger partial charge in [-0.05, 0) is 63.9 Å². The number of aromatic nitrogens is 2. The van der Waals surface area contributed by atoms with Gasteiger partial charge in [-0.1, -0.05) is 29.6 Å². The van der Waals surface area contributed by atoms with Crippen molar-refractivity contribution in [1.29, 1.82) is 0 Å². The number of anilines is 1. The highest BCUT2D eigenvalue weighted by Crippen LogP contribution is 2.37. The van der Waals surface area contributed by atoms with Gasteiger partial charge in [-0.2, -0.15) is 5.10 Å². The highest BCUT2D eigenvalue weighted by atomic mass is 35.5. The number of rotatable bonds is 2. The molecule has 6 heteroatoms. The zero-order valence-corrected chi connectivity index (χ0v) is 16.1. The number of nitrogens with one attached hydrogen (secondary N) is 1. The van der Waals surface area contributed by atoms with Crippen LogP contribution >= 0.6 is 23.2 Å². The van der Waals surface area contributed by atoms with E-state index in [-0.39, 0.29) is 0 Å². The fourth-order valence-corrected chi connectivity index (χ4v) is 4.58. The van der Waals surface area contributed by atoms with Crippen LogP contribution in [0, 0.1) is 0 Å². The Morgan fingerprint density at radius 1 is 1.08 bits per heavy atom. The molecule has 1 atom stereocenters. The number of piperidine rings is 1. The Hall–Kier alpha value is -1.23. The van der Waals surface area contributed by atoms with E-state index in [0.29, 0.717) is 16.1 Å². The Morgan fingerprint density at radius 2 is 1.88 bits per heavy atom. The van der Waals surface area contributed by atoms with Crippen molar-refractivity contribution in [3.05, 3.63) is 39.5 Å². The maximum Gasteiger partial charge on any atom is 0.133 e. The first-order valence-corrected chi connectivity index (χ1v) is 9.91. The van der Waals surface area contributed by atoms with Crippen LogP contribution in [-0.4, -0.2) is 34.8 Å². The van der Waals surface area contributed by atoms with Crippen LogP contribution in [0.5, 0.6) is 0 Å². The summed E-state index contributed by atoms with van der Waals surface area (Å²) in [5.41, 5.74) is 3.52. The van der Waals surface area contributed by atoms with E-state index in [2.05, 4.69) is 17.3 Å². The molecule has 0 aliphatic carbocycles. The van der Waals surface area contributed by atoms with E-state index in [4.69, 9.17) is 28.3 Å². The van der Waals surface area contributed by atoms with Gasteiger partial charge in [-0.3, -0.25) is 4.90 Å². The number of hydrogen-bond acceptors (Lipinski definition) is 3. The minimum atomic E-state index is 0.401. The Labute approximate surface area is 159 Å². The predicted molar refractivity (Wildman–Crippen MR) is 104 cm³/mol. The second kappa shape index (κ2) is 7.18. The molecular weight excluding hydrogens is 355 g/mol. The Morgan fingerprint density at radius 3 is 2.64 bits per heavy atom. The van der Waals surface area contributed by atoms with Crippen molar-refractivity contribution in [1.82, 2.24) is 14.7 Å². The van der Waals surface area contributed by atoms with Crippen LogP contribution in [0.4, 0.5) is 5.82 Å². The van der Waals surface area contributed by atoms with Gasteiger partial charge >= 0.3 is 0 Å². The van der Waals surface area contributed by atoms with E-state index in [1.165, 1.54) is 43.4 Å². The van der Waals surface area contributed by atoms with E-state index in [0.717, 1.165) is 31.0 Å². The van der Waals surface area contributed by atoms with Crippen molar-refractivity contribution in [2.45, 2.75) is 44.6 Å². The molecule has 3 heterocycles. The Kier molecular flexibility index (Phi) is 4.94. The average Bonchev–Trinajstić information content (AvgIpc) is 2.76. The molecule has 1 aromatic carbocycles. The topological polar surface area (TPSA) is 33.1 Å². The van der Waals surface area contributed by atoms with Crippen LogP contribution in [0.3, 0.4) is 0 Å². The molecule has 4 rings (SSSR count). The van der Waals surface area contributed by atoms with Crippen molar-refractivity contribution in [2.75, 3.05) is 25.5 Å². The lowest BCUT2D eigenvalue weighted by Gasteiger charge is -2.31. The average molecular weight is 379 g/mol. The third-order valence-electron chi connectivity index (χ3n) is 5.34. The molecule has 2 aliphatic heterocycles. The molecule has 1 fully saturated rings. The minimum Gasteiger partial charge on any atom is -0.370 e. The summed E-state index contributed by atoms with van der Waals surface area (Å²) in [7, 11) is 2.22. The molecule has 1 saturated heterocycles. The van der Waals surface area contributed by atoms with Crippen LogP contribution in [0.15, 0.2) is 18.2 Å². The maximum atomic E-state index is 6.24. The van der Waals surface area contributed by atoms with Gasteiger partial charge in [0.25, 0.3) is 0 Å². The van der Waals surface area contributed by atoms with Crippen molar-refractivity contribution < 1.29 is 0 Å². The smallest absolute Gasteiger partial charge is 0.133 e. The normalized spacial score (nSPS) is 21.5. The second-order valence-electron chi connectivity index (χ2n) is 7.13. The molecule has 25 heavy (non-hydrogen) atoms. The molecule has 4 nitrogen and oxygen atoms in total. The zero-order valence-electron chi connectivity index (χ0n) is 14.6. The number of likely N-dealkylation sites (tertiary alicyclic amines) is 1. The third-order valence-corrected chi connectivity index (χ3v) is 5.77. The van der Waals surface area contributed by atoms with E-state index >= 15 is 0 Å². The fourth-order valence-electron chi connectivity index (χ4n) is 4.07. The zero-order chi connectivity index (χ0) is 17.4. The van der Waals surface area contributed by atoms with Crippen LogP contribution < -0.4 is 5.32 Å². The second-order valence-corrected chi connectivity index (χ2v) is 8.00. The van der Waals surface area contributed by atoms with Gasteiger partial charge in [0.15, 0.2) is 0 Å². The summed E-state index contributed by atoms with van der Waals surface area (Å²) in [6.45, 7) is 2.12. The van der Waals surface area contributed by atoms with Crippen molar-refractivity contribution in [2.24, 2.45) is 0 Å². The Bertz CT molecular complexity index is 751. The Balaban J connectivity index is 1.84. The first kappa shape index (κ1) is 17.2. The minimum absolute atomic E-state index is 0.401. The van der Waals surface area contributed by atoms with Crippen molar-refractivity contribution in [3.8, 4) is 5.69 Å². The van der Waals surface area contributed by atoms with Gasteiger partial charge in [0.1, 0.15) is 5.82 Å². The van der Waals surface area contributed by atoms with E-state index in [9.17, 15) is 0 Å². The lowest BCUT2D eigenvalue weighted by atomic mass is 9.96. The van der Waals surface area contributed by atoms with Crippen molar-refractivity contribution in [3.63, 3.8) is 0 Å². The molecule has 134 valence electrons. The van der Waals surface area contributed by atoms with Crippen molar-refractivity contribution >= 4 is 29.0 Å². The predicted octanol–water partition coefficient (Wildman–Crippen LogP) is 5.08. The lowest BCUT2D eigenvalue weighted by Crippen LogP contribution is -2.30. The quantitative estimate of drug-likeness (QED) is 0.790. The molecule has 0 bridgehead atoms. The summed E-state index contributed by atoms with van der Waals surface area (Å²) in [6.07, 6.45) is 7.19. The lowest BCUT2D eigenvalue weighted by molar-refractivity contribution is 0.182. The summed E-state index contributed by atoms with van der Waals surface area (Å²) in [4.78, 5) is 2.45. The molecule has 0 radical (unpaired) electrons. The third kappa shape index (κ3) is 3.40. The standard InChI is InChI=1S/C19H24Cl2N4/c1-24-9-5-3-7-17(24)18-16-6-2-4-8-22-19(16)25(23-18)15-11-13(20)10-14(21)12-15/h10-12,17,22H,2-9H2,1H3. The number of nitrogens with zero attached hydrogens (tertiary/aromatic N) is 3. The molecule has 0 spiro atoms. The summed E-state index contributed by atoms with van der Waals surface area (Å²) < 4.78 is 2.01.